The molecule has 0 radical (unpaired) electrons. The van der Waals surface area contributed by atoms with Gasteiger partial charge < -0.3 is 18.9 Å². The van der Waals surface area contributed by atoms with Gasteiger partial charge in [-0.05, 0) is 48.4 Å². The van der Waals surface area contributed by atoms with E-state index in [1.54, 1.807) is 43.3 Å². The molecule has 0 N–H and O–H groups in total. The van der Waals surface area contributed by atoms with Crippen LogP contribution >= 0.6 is 0 Å². The lowest BCUT2D eigenvalue weighted by molar-refractivity contribution is 0.0734. The number of ether oxygens (including phenoxy) is 4. The van der Waals surface area contributed by atoms with E-state index in [9.17, 15) is 9.59 Å². The van der Waals surface area contributed by atoms with Crippen molar-refractivity contribution in [3.05, 3.63) is 88.7 Å². The Morgan fingerprint density at radius 2 is 1.68 bits per heavy atom. The molecule has 6 heteroatoms. The van der Waals surface area contributed by atoms with E-state index < -0.39 is 5.97 Å². The molecule has 1 heterocycles. The largest absolute Gasteiger partial charge is 0.493 e. The van der Waals surface area contributed by atoms with Crippen LogP contribution in [0.4, 0.5) is 0 Å². The SMILES string of the molecule is COc1ccc(C(=O)Oc2cc(C)c3c(c2)O/C(=C\c2ccccc2)C3=O)cc1OC. The normalized spacial score (nSPS) is 13.5. The molecule has 4 rings (SSSR count). The molecule has 0 atom stereocenters. The second-order valence-electron chi connectivity index (χ2n) is 6.92. The Morgan fingerprint density at radius 1 is 0.935 bits per heavy atom. The first-order chi connectivity index (χ1) is 15.0. The zero-order valence-corrected chi connectivity index (χ0v) is 17.3. The lowest BCUT2D eigenvalue weighted by Crippen LogP contribution is -2.09. The molecule has 0 aromatic heterocycles. The van der Waals surface area contributed by atoms with Gasteiger partial charge in [-0.15, -0.1) is 0 Å². The molecule has 0 saturated carbocycles. The van der Waals surface area contributed by atoms with Crippen molar-refractivity contribution in [3.8, 4) is 23.0 Å². The molecule has 0 aliphatic carbocycles. The summed E-state index contributed by atoms with van der Waals surface area (Å²) in [6.45, 7) is 1.78. The van der Waals surface area contributed by atoms with Gasteiger partial charge in [-0.1, -0.05) is 30.3 Å². The Bertz CT molecular complexity index is 1190. The highest BCUT2D eigenvalue weighted by Gasteiger charge is 2.30. The average molecular weight is 416 g/mol. The van der Waals surface area contributed by atoms with Crippen LogP contribution in [0.1, 0.15) is 31.8 Å². The molecular formula is C25H20O6. The molecule has 0 amide bonds. The number of hydrogen-bond acceptors (Lipinski definition) is 6. The van der Waals surface area contributed by atoms with Crippen molar-refractivity contribution in [2.24, 2.45) is 0 Å². The third-order valence-electron chi connectivity index (χ3n) is 4.87. The quantitative estimate of drug-likeness (QED) is 0.336. The summed E-state index contributed by atoms with van der Waals surface area (Å²) in [5, 5.41) is 0. The summed E-state index contributed by atoms with van der Waals surface area (Å²) in [7, 11) is 3.01. The standard InChI is InChI=1S/C25H20O6/c1-15-11-18(30-25(27)17-9-10-19(28-2)20(13-17)29-3)14-21-23(15)24(26)22(31-21)12-16-7-5-4-6-8-16/h4-14H,1-3H3/b22-12-. The van der Waals surface area contributed by atoms with Gasteiger partial charge in [0.15, 0.2) is 17.3 Å². The Morgan fingerprint density at radius 3 is 2.39 bits per heavy atom. The number of carbonyl (C=O) groups excluding carboxylic acids is 2. The van der Waals surface area contributed by atoms with Crippen molar-refractivity contribution in [1.82, 2.24) is 0 Å². The molecule has 0 bridgehead atoms. The van der Waals surface area contributed by atoms with Crippen LogP contribution in [-0.2, 0) is 0 Å². The maximum Gasteiger partial charge on any atom is 0.343 e. The first kappa shape index (κ1) is 20.2. The third kappa shape index (κ3) is 4.00. The number of rotatable bonds is 5. The molecule has 6 nitrogen and oxygen atoms in total. The first-order valence-corrected chi connectivity index (χ1v) is 9.58. The number of methoxy groups -OCH3 is 2. The fourth-order valence-corrected chi connectivity index (χ4v) is 3.37. The third-order valence-corrected chi connectivity index (χ3v) is 4.87. The minimum Gasteiger partial charge on any atom is -0.493 e. The smallest absolute Gasteiger partial charge is 0.343 e. The summed E-state index contributed by atoms with van der Waals surface area (Å²) in [6, 6.07) is 17.4. The minimum atomic E-state index is -0.565. The lowest BCUT2D eigenvalue weighted by atomic mass is 10.0. The van der Waals surface area contributed by atoms with Gasteiger partial charge in [0.2, 0.25) is 5.78 Å². The van der Waals surface area contributed by atoms with Gasteiger partial charge in [-0.25, -0.2) is 4.79 Å². The molecule has 0 fully saturated rings. The van der Waals surface area contributed by atoms with Crippen molar-refractivity contribution in [1.29, 1.82) is 0 Å². The van der Waals surface area contributed by atoms with Gasteiger partial charge in [0.05, 0.1) is 25.3 Å². The molecule has 156 valence electrons. The van der Waals surface area contributed by atoms with Gasteiger partial charge in [-0.3, -0.25) is 4.79 Å². The highest BCUT2D eigenvalue weighted by Crippen LogP contribution is 2.38. The van der Waals surface area contributed by atoms with E-state index in [0.717, 1.165) is 5.56 Å². The maximum atomic E-state index is 12.8. The molecule has 1 aliphatic rings. The van der Waals surface area contributed by atoms with Crippen LogP contribution in [0.5, 0.6) is 23.0 Å². The van der Waals surface area contributed by atoms with E-state index in [2.05, 4.69) is 0 Å². The zero-order valence-electron chi connectivity index (χ0n) is 17.3. The molecule has 3 aromatic rings. The Balaban J connectivity index is 1.59. The van der Waals surface area contributed by atoms with Crippen LogP contribution in [0.3, 0.4) is 0 Å². The number of allylic oxidation sites excluding steroid dienone is 1. The fraction of sp³-hybridized carbons (Fsp3) is 0.120. The number of aryl methyl sites for hydroxylation is 1. The number of fused-ring (bicyclic) bond motifs is 1. The number of carbonyl (C=O) groups is 2. The predicted molar refractivity (Wildman–Crippen MR) is 115 cm³/mol. The Kier molecular flexibility index (Phi) is 5.45. The number of benzene rings is 3. The summed E-state index contributed by atoms with van der Waals surface area (Å²) in [5.41, 5.74) is 2.29. The average Bonchev–Trinajstić information content (AvgIpc) is 3.09. The monoisotopic (exact) mass is 416 g/mol. The summed E-state index contributed by atoms with van der Waals surface area (Å²) in [6.07, 6.45) is 1.69. The van der Waals surface area contributed by atoms with E-state index in [1.165, 1.54) is 14.2 Å². The van der Waals surface area contributed by atoms with Crippen LogP contribution < -0.4 is 18.9 Å². The van der Waals surface area contributed by atoms with E-state index >= 15 is 0 Å². The van der Waals surface area contributed by atoms with E-state index in [4.69, 9.17) is 18.9 Å². The molecule has 31 heavy (non-hydrogen) atoms. The molecule has 3 aromatic carbocycles. The fourth-order valence-electron chi connectivity index (χ4n) is 3.37. The highest BCUT2D eigenvalue weighted by molar-refractivity contribution is 6.15. The van der Waals surface area contributed by atoms with E-state index in [-0.39, 0.29) is 17.3 Å². The van der Waals surface area contributed by atoms with Gasteiger partial charge in [0.25, 0.3) is 0 Å². The number of ketones is 1. The second kappa shape index (κ2) is 8.36. The van der Waals surface area contributed by atoms with Crippen molar-refractivity contribution >= 4 is 17.8 Å². The van der Waals surface area contributed by atoms with Crippen LogP contribution in [0.25, 0.3) is 6.08 Å². The second-order valence-corrected chi connectivity index (χ2v) is 6.92. The van der Waals surface area contributed by atoms with Gasteiger partial charge >= 0.3 is 5.97 Å². The van der Waals surface area contributed by atoms with Crippen LogP contribution in [0.2, 0.25) is 0 Å². The van der Waals surface area contributed by atoms with Crippen LogP contribution in [0.15, 0.2) is 66.4 Å². The van der Waals surface area contributed by atoms with Crippen molar-refractivity contribution in [2.75, 3.05) is 14.2 Å². The maximum absolute atomic E-state index is 12.8. The minimum absolute atomic E-state index is 0.200. The molecule has 0 saturated heterocycles. The summed E-state index contributed by atoms with van der Waals surface area (Å²) >= 11 is 0. The molecule has 0 unspecified atom stereocenters. The number of esters is 1. The number of hydrogen-bond donors (Lipinski definition) is 0. The number of Topliss-reactive ketones (excluding diaryl/α,β-unsaturated/α-hetero) is 1. The van der Waals surface area contributed by atoms with Crippen molar-refractivity contribution in [2.45, 2.75) is 6.92 Å². The van der Waals surface area contributed by atoms with E-state index in [1.807, 2.05) is 30.3 Å². The lowest BCUT2D eigenvalue weighted by Gasteiger charge is -2.10. The Labute approximate surface area is 179 Å². The summed E-state index contributed by atoms with van der Waals surface area (Å²) < 4.78 is 21.7. The summed E-state index contributed by atoms with van der Waals surface area (Å²) in [4.78, 5) is 25.4. The summed E-state index contributed by atoms with van der Waals surface area (Å²) in [5.74, 6) is 1.04. The van der Waals surface area contributed by atoms with E-state index in [0.29, 0.717) is 33.9 Å². The van der Waals surface area contributed by atoms with Crippen LogP contribution in [0, 0.1) is 6.92 Å². The van der Waals surface area contributed by atoms with Crippen LogP contribution in [-0.4, -0.2) is 26.0 Å². The predicted octanol–water partition coefficient (Wildman–Crippen LogP) is 4.85. The highest BCUT2D eigenvalue weighted by atomic mass is 16.5. The van der Waals surface area contributed by atoms with Gasteiger partial charge in [0.1, 0.15) is 11.5 Å². The van der Waals surface area contributed by atoms with Crippen molar-refractivity contribution in [3.63, 3.8) is 0 Å². The van der Waals surface area contributed by atoms with Gasteiger partial charge in [0, 0.05) is 6.07 Å². The first-order valence-electron chi connectivity index (χ1n) is 9.58. The molecular weight excluding hydrogens is 396 g/mol. The van der Waals surface area contributed by atoms with Crippen molar-refractivity contribution < 1.29 is 28.5 Å². The topological polar surface area (TPSA) is 71.1 Å². The zero-order chi connectivity index (χ0) is 22.0. The Hall–Kier alpha value is -4.06. The molecule has 1 aliphatic heterocycles. The molecule has 0 spiro atoms. The van der Waals surface area contributed by atoms with Gasteiger partial charge in [-0.2, -0.15) is 0 Å².